The topological polar surface area (TPSA) is 73.8 Å². The maximum Gasteiger partial charge on any atom is 0.144 e. The van der Waals surface area contributed by atoms with E-state index in [2.05, 4.69) is 29.7 Å². The Morgan fingerprint density at radius 1 is 0.968 bits per heavy atom. The molecular weight excluding hydrogens is 408 g/mol. The van der Waals surface area contributed by atoms with Crippen LogP contribution in [0.1, 0.15) is 5.69 Å². The molecule has 0 aliphatic heterocycles. The minimum absolute atomic E-state index is 0.0841. The van der Waals surface area contributed by atoms with Crippen molar-refractivity contribution in [2.45, 2.75) is 39.0 Å². The third-order valence-corrected chi connectivity index (χ3v) is 6.65. The molecule has 162 valence electrons. The summed E-state index contributed by atoms with van der Waals surface area (Å²) in [6.07, 6.45) is 5.43. The molecule has 0 spiro atoms. The lowest BCUT2D eigenvalue weighted by atomic mass is 10.1. The molecule has 0 radical (unpaired) electrons. The van der Waals surface area contributed by atoms with Crippen LogP contribution in [-0.2, 0) is 18.1 Å². The Kier molecular flexibility index (Phi) is 6.22. The van der Waals surface area contributed by atoms with Gasteiger partial charge in [-0.2, -0.15) is 5.10 Å². The molecule has 0 aliphatic carbocycles. The molecule has 1 N–H and O–H groups in total. The van der Waals surface area contributed by atoms with Crippen molar-refractivity contribution in [3.63, 3.8) is 0 Å². The second-order valence-electron chi connectivity index (χ2n) is 8.71. The Morgan fingerprint density at radius 3 is 2.48 bits per heavy atom. The van der Waals surface area contributed by atoms with Crippen molar-refractivity contribution in [2.75, 3.05) is 6.61 Å². The number of fused-ring (bicyclic) bond motifs is 1. The molecule has 31 heavy (non-hydrogen) atoms. The van der Waals surface area contributed by atoms with E-state index in [9.17, 15) is 5.11 Å². The minimum atomic E-state index is -1.10. The summed E-state index contributed by atoms with van der Waals surface area (Å²) in [6.45, 7) is 8.17. The van der Waals surface area contributed by atoms with Gasteiger partial charge in [-0.15, -0.1) is 0 Å². The van der Waals surface area contributed by atoms with Crippen LogP contribution in [0.15, 0.2) is 61.1 Å². The molecule has 0 saturated carbocycles. The van der Waals surface area contributed by atoms with Gasteiger partial charge >= 0.3 is 0 Å². The van der Waals surface area contributed by atoms with Crippen LogP contribution < -0.4 is 4.74 Å². The Labute approximate surface area is 182 Å². The number of aromatic nitrogens is 4. The summed E-state index contributed by atoms with van der Waals surface area (Å²) in [5, 5.41) is 13.6. The average Bonchev–Trinajstić information content (AvgIpc) is 3.37. The zero-order valence-electron chi connectivity index (χ0n) is 18.2. The first kappa shape index (κ1) is 21.3. The van der Waals surface area contributed by atoms with Crippen LogP contribution in [0.3, 0.4) is 0 Å². The molecule has 0 saturated heterocycles. The van der Waals surface area contributed by atoms with Gasteiger partial charge in [0.2, 0.25) is 0 Å². The van der Waals surface area contributed by atoms with Gasteiger partial charge in [0.15, 0.2) is 0 Å². The number of hydrogen-bond donors (Lipinski definition) is 1. The standard InChI is InChI=1S/C23H28N4O3Si/c1-31(2,3)13-12-29-17-27-22(10-11-24-27)18-4-6-20(7-5-18)30-21-8-9-23-25-19(16-28)14-26(23)15-21/h4-11,14-15,28H,12-13,16-17H2,1-3H3. The number of imidazole rings is 1. The van der Waals surface area contributed by atoms with E-state index in [1.165, 1.54) is 0 Å². The molecule has 4 rings (SSSR count). The van der Waals surface area contributed by atoms with Crippen LogP contribution in [0.4, 0.5) is 0 Å². The highest BCUT2D eigenvalue weighted by Gasteiger charge is 2.13. The van der Waals surface area contributed by atoms with Gasteiger partial charge in [-0.1, -0.05) is 19.6 Å². The molecule has 3 aromatic heterocycles. The predicted molar refractivity (Wildman–Crippen MR) is 123 cm³/mol. The van der Waals surface area contributed by atoms with Crippen LogP contribution >= 0.6 is 0 Å². The third-order valence-electron chi connectivity index (χ3n) is 4.95. The van der Waals surface area contributed by atoms with Crippen molar-refractivity contribution in [1.82, 2.24) is 19.2 Å². The molecule has 7 nitrogen and oxygen atoms in total. The number of aliphatic hydroxyl groups excluding tert-OH is 1. The highest BCUT2D eigenvalue weighted by atomic mass is 28.3. The van der Waals surface area contributed by atoms with E-state index >= 15 is 0 Å². The molecule has 8 heteroatoms. The number of nitrogens with zero attached hydrogens (tertiary/aromatic N) is 4. The first-order chi connectivity index (χ1) is 14.9. The number of hydrogen-bond acceptors (Lipinski definition) is 5. The monoisotopic (exact) mass is 436 g/mol. The lowest BCUT2D eigenvalue weighted by Crippen LogP contribution is -2.22. The maximum absolute atomic E-state index is 9.24. The molecule has 0 fully saturated rings. The van der Waals surface area contributed by atoms with Crippen molar-refractivity contribution < 1.29 is 14.6 Å². The van der Waals surface area contributed by atoms with E-state index in [0.717, 1.165) is 35.3 Å². The molecule has 3 heterocycles. The largest absolute Gasteiger partial charge is 0.456 e. The molecule has 0 unspecified atom stereocenters. The van der Waals surface area contributed by atoms with Gasteiger partial charge in [0.1, 0.15) is 23.9 Å². The van der Waals surface area contributed by atoms with Gasteiger partial charge in [-0.3, -0.25) is 0 Å². The zero-order chi connectivity index (χ0) is 21.8. The summed E-state index contributed by atoms with van der Waals surface area (Å²) in [7, 11) is -1.10. The molecule has 0 aliphatic rings. The first-order valence-corrected chi connectivity index (χ1v) is 14.1. The van der Waals surface area contributed by atoms with Gasteiger partial charge in [0, 0.05) is 32.6 Å². The third kappa shape index (κ3) is 5.41. The van der Waals surface area contributed by atoms with Crippen LogP contribution in [0.2, 0.25) is 25.7 Å². The lowest BCUT2D eigenvalue weighted by Gasteiger charge is -2.16. The molecule has 0 amide bonds. The van der Waals surface area contributed by atoms with E-state index in [0.29, 0.717) is 18.2 Å². The van der Waals surface area contributed by atoms with Gasteiger partial charge in [0.05, 0.1) is 24.2 Å². The molecular formula is C23H28N4O3Si. The van der Waals surface area contributed by atoms with E-state index in [-0.39, 0.29) is 6.61 Å². The number of ether oxygens (including phenoxy) is 2. The fourth-order valence-corrected chi connectivity index (χ4v) is 3.96. The van der Waals surface area contributed by atoms with Gasteiger partial charge in [-0.05, 0) is 48.5 Å². The second-order valence-corrected chi connectivity index (χ2v) is 14.3. The van der Waals surface area contributed by atoms with Crippen LogP contribution in [-0.4, -0.2) is 39.0 Å². The average molecular weight is 437 g/mol. The van der Waals surface area contributed by atoms with E-state index in [1.54, 1.807) is 12.4 Å². The maximum atomic E-state index is 9.24. The van der Waals surface area contributed by atoms with Gasteiger partial charge < -0.3 is 19.0 Å². The Hall–Kier alpha value is -2.94. The summed E-state index contributed by atoms with van der Waals surface area (Å²) in [6, 6.07) is 14.8. The van der Waals surface area contributed by atoms with Gasteiger partial charge in [-0.25, -0.2) is 9.67 Å². The smallest absolute Gasteiger partial charge is 0.144 e. The van der Waals surface area contributed by atoms with E-state index < -0.39 is 8.07 Å². The van der Waals surface area contributed by atoms with Crippen molar-refractivity contribution >= 4 is 13.7 Å². The van der Waals surface area contributed by atoms with Gasteiger partial charge in [0.25, 0.3) is 0 Å². The summed E-state index contributed by atoms with van der Waals surface area (Å²) >= 11 is 0. The summed E-state index contributed by atoms with van der Waals surface area (Å²) in [5.74, 6) is 1.44. The lowest BCUT2D eigenvalue weighted by molar-refractivity contribution is 0.0798. The van der Waals surface area contributed by atoms with Crippen molar-refractivity contribution in [3.8, 4) is 22.8 Å². The van der Waals surface area contributed by atoms with Crippen molar-refractivity contribution in [1.29, 1.82) is 0 Å². The van der Waals surface area contributed by atoms with Crippen molar-refractivity contribution in [2.24, 2.45) is 0 Å². The highest BCUT2D eigenvalue weighted by Crippen LogP contribution is 2.26. The van der Waals surface area contributed by atoms with Crippen LogP contribution in [0, 0.1) is 0 Å². The Bertz CT molecular complexity index is 1150. The number of aliphatic hydroxyl groups is 1. The van der Waals surface area contributed by atoms with Crippen LogP contribution in [0.5, 0.6) is 11.5 Å². The predicted octanol–water partition coefficient (Wildman–Crippen LogP) is 4.79. The minimum Gasteiger partial charge on any atom is -0.456 e. The quantitative estimate of drug-likeness (QED) is 0.301. The van der Waals surface area contributed by atoms with E-state index in [1.807, 2.05) is 57.7 Å². The SMILES string of the molecule is C[Si](C)(C)CCOCn1nccc1-c1ccc(Oc2ccc3nc(CO)cn3c2)cc1. The zero-order valence-corrected chi connectivity index (χ0v) is 19.2. The van der Waals surface area contributed by atoms with Crippen LogP contribution in [0.25, 0.3) is 16.9 Å². The Morgan fingerprint density at radius 2 is 1.74 bits per heavy atom. The summed E-state index contributed by atoms with van der Waals surface area (Å²) in [5.41, 5.74) is 3.46. The van der Waals surface area contributed by atoms with Crippen molar-refractivity contribution in [3.05, 3.63) is 66.7 Å². The van der Waals surface area contributed by atoms with E-state index in [4.69, 9.17) is 9.47 Å². The summed E-state index contributed by atoms with van der Waals surface area (Å²) < 4.78 is 15.6. The normalized spacial score (nSPS) is 11.9. The molecule has 1 aromatic carbocycles. The first-order valence-electron chi connectivity index (χ1n) is 10.4. The molecule has 4 aromatic rings. The highest BCUT2D eigenvalue weighted by molar-refractivity contribution is 6.76. The molecule has 0 bridgehead atoms. The fraction of sp³-hybridized carbons (Fsp3) is 0.304. The number of benzene rings is 1. The molecule has 0 atom stereocenters. The second kappa shape index (κ2) is 9.05. The number of pyridine rings is 1. The fourth-order valence-electron chi connectivity index (χ4n) is 3.20. The number of rotatable bonds is 9. The summed E-state index contributed by atoms with van der Waals surface area (Å²) in [4.78, 5) is 4.31. The Balaban J connectivity index is 1.41.